The number of anilines is 1. The Hall–Kier alpha value is -2.13. The van der Waals surface area contributed by atoms with Gasteiger partial charge in [0, 0.05) is 6.54 Å². The van der Waals surface area contributed by atoms with E-state index in [0.29, 0.717) is 6.54 Å². The van der Waals surface area contributed by atoms with E-state index in [0.717, 1.165) is 23.5 Å². The first-order valence-electron chi connectivity index (χ1n) is 7.73. The van der Waals surface area contributed by atoms with Crippen LogP contribution in [0.5, 0.6) is 0 Å². The Labute approximate surface area is 148 Å². The predicted octanol–water partition coefficient (Wildman–Crippen LogP) is 0.307. The van der Waals surface area contributed by atoms with Crippen molar-refractivity contribution in [1.29, 1.82) is 0 Å². The van der Waals surface area contributed by atoms with E-state index in [1.54, 1.807) is 12.1 Å². The monoisotopic (exact) mass is 371 g/mol. The molecule has 1 rings (SSSR count). The molecule has 0 aliphatic heterocycles. The van der Waals surface area contributed by atoms with E-state index in [1.165, 1.54) is 19.2 Å². The molecule has 1 amide bonds. The maximum absolute atomic E-state index is 12.1. The minimum absolute atomic E-state index is 0.0795. The number of benzene rings is 1. The summed E-state index contributed by atoms with van der Waals surface area (Å²) in [5.74, 6) is -1.11. The van der Waals surface area contributed by atoms with E-state index in [1.807, 2.05) is 19.0 Å². The normalized spacial score (nSPS) is 11.2. The Morgan fingerprint density at radius 1 is 1.20 bits per heavy atom. The molecule has 0 saturated heterocycles. The molecule has 0 aromatic heterocycles. The molecule has 1 aromatic carbocycles. The Morgan fingerprint density at radius 3 is 2.40 bits per heavy atom. The number of methoxy groups -OCH3 is 1. The standard InChI is InChI=1S/C16H25N3O5S/c1-18(2)11-7-10-17-15(20)12-19(25(4,22)23)14-9-6-5-8-13(14)16(21)24-3/h5-6,8-9H,7,10-12H2,1-4H3,(H,17,20). The van der Waals surface area contributed by atoms with Crippen LogP contribution in [-0.2, 0) is 19.6 Å². The number of nitrogens with zero attached hydrogens (tertiary/aromatic N) is 2. The molecular formula is C16H25N3O5S. The number of carbonyl (C=O) groups excluding carboxylic acids is 2. The average molecular weight is 371 g/mol. The smallest absolute Gasteiger partial charge is 0.340 e. The van der Waals surface area contributed by atoms with Crippen LogP contribution < -0.4 is 9.62 Å². The number of sulfonamides is 1. The van der Waals surface area contributed by atoms with Crippen LogP contribution in [0.1, 0.15) is 16.8 Å². The summed E-state index contributed by atoms with van der Waals surface area (Å²) in [6.45, 7) is 0.837. The van der Waals surface area contributed by atoms with Crippen LogP contribution in [0, 0.1) is 0 Å². The van der Waals surface area contributed by atoms with Gasteiger partial charge in [0.05, 0.1) is 24.6 Å². The van der Waals surface area contributed by atoms with Crippen LogP contribution >= 0.6 is 0 Å². The molecule has 0 radical (unpaired) electrons. The van der Waals surface area contributed by atoms with Crippen LogP contribution in [0.15, 0.2) is 24.3 Å². The zero-order valence-corrected chi connectivity index (χ0v) is 15.8. The van der Waals surface area contributed by atoms with Gasteiger partial charge in [-0.05, 0) is 39.2 Å². The van der Waals surface area contributed by atoms with Crippen LogP contribution in [0.2, 0.25) is 0 Å². The van der Waals surface area contributed by atoms with E-state index >= 15 is 0 Å². The number of hydrogen-bond acceptors (Lipinski definition) is 6. The number of carbonyl (C=O) groups is 2. The Morgan fingerprint density at radius 2 is 1.84 bits per heavy atom. The molecule has 0 bridgehead atoms. The number of esters is 1. The number of ether oxygens (including phenoxy) is 1. The summed E-state index contributed by atoms with van der Waals surface area (Å²) in [4.78, 5) is 26.0. The van der Waals surface area contributed by atoms with Crippen LogP contribution in [0.4, 0.5) is 5.69 Å². The molecule has 25 heavy (non-hydrogen) atoms. The molecule has 1 aromatic rings. The molecule has 0 saturated carbocycles. The third-order valence-electron chi connectivity index (χ3n) is 3.37. The zero-order valence-electron chi connectivity index (χ0n) is 15.0. The molecule has 0 heterocycles. The third kappa shape index (κ3) is 6.71. The largest absolute Gasteiger partial charge is 0.465 e. The van der Waals surface area contributed by atoms with Gasteiger partial charge in [-0.1, -0.05) is 12.1 Å². The van der Waals surface area contributed by atoms with Crippen LogP contribution in [-0.4, -0.2) is 72.3 Å². The highest BCUT2D eigenvalue weighted by Gasteiger charge is 2.25. The summed E-state index contributed by atoms with van der Waals surface area (Å²) in [5, 5.41) is 2.69. The van der Waals surface area contributed by atoms with Crippen LogP contribution in [0.25, 0.3) is 0 Å². The van der Waals surface area contributed by atoms with Crippen molar-refractivity contribution in [3.63, 3.8) is 0 Å². The van der Waals surface area contributed by atoms with Gasteiger partial charge < -0.3 is 15.0 Å². The van der Waals surface area contributed by atoms with E-state index in [4.69, 9.17) is 0 Å². The molecule has 9 heteroatoms. The minimum Gasteiger partial charge on any atom is -0.465 e. The maximum Gasteiger partial charge on any atom is 0.340 e. The maximum atomic E-state index is 12.1. The summed E-state index contributed by atoms with van der Waals surface area (Å²) in [7, 11) is 1.30. The first-order chi connectivity index (χ1) is 11.7. The van der Waals surface area contributed by atoms with Crippen molar-refractivity contribution in [2.45, 2.75) is 6.42 Å². The van der Waals surface area contributed by atoms with Gasteiger partial charge >= 0.3 is 5.97 Å². The second-order valence-corrected chi connectivity index (χ2v) is 7.69. The summed E-state index contributed by atoms with van der Waals surface area (Å²) >= 11 is 0. The van der Waals surface area contributed by atoms with E-state index < -0.39 is 28.4 Å². The Balaban J connectivity index is 2.94. The first-order valence-corrected chi connectivity index (χ1v) is 9.58. The molecule has 140 valence electrons. The molecule has 0 spiro atoms. The lowest BCUT2D eigenvalue weighted by atomic mass is 10.2. The SMILES string of the molecule is COC(=O)c1ccccc1N(CC(=O)NCCCN(C)C)S(C)(=O)=O. The van der Waals surface area contributed by atoms with Crippen molar-refractivity contribution < 1.29 is 22.7 Å². The van der Waals surface area contributed by atoms with Gasteiger partial charge in [-0.15, -0.1) is 0 Å². The van der Waals surface area contributed by atoms with Crippen molar-refractivity contribution in [2.75, 3.05) is 51.4 Å². The highest BCUT2D eigenvalue weighted by atomic mass is 32.2. The van der Waals surface area contributed by atoms with Gasteiger partial charge in [0.2, 0.25) is 15.9 Å². The lowest BCUT2D eigenvalue weighted by Crippen LogP contribution is -2.41. The van der Waals surface area contributed by atoms with Crippen molar-refractivity contribution >= 4 is 27.6 Å². The quantitative estimate of drug-likeness (QED) is 0.496. The fourth-order valence-corrected chi connectivity index (χ4v) is 3.03. The lowest BCUT2D eigenvalue weighted by molar-refractivity contribution is -0.119. The van der Waals surface area contributed by atoms with Gasteiger partial charge in [0.15, 0.2) is 0 Å². The van der Waals surface area contributed by atoms with Gasteiger partial charge in [0.1, 0.15) is 6.54 Å². The highest BCUT2D eigenvalue weighted by Crippen LogP contribution is 2.23. The number of para-hydroxylation sites is 1. The van der Waals surface area contributed by atoms with Crippen molar-refractivity contribution in [3.8, 4) is 0 Å². The highest BCUT2D eigenvalue weighted by molar-refractivity contribution is 7.92. The molecule has 0 unspecified atom stereocenters. The van der Waals surface area contributed by atoms with Crippen molar-refractivity contribution in [3.05, 3.63) is 29.8 Å². The molecule has 0 aliphatic carbocycles. The predicted molar refractivity (Wildman–Crippen MR) is 96.2 cm³/mol. The lowest BCUT2D eigenvalue weighted by Gasteiger charge is -2.23. The summed E-state index contributed by atoms with van der Waals surface area (Å²) in [5.41, 5.74) is 0.191. The average Bonchev–Trinajstić information content (AvgIpc) is 2.54. The molecule has 0 aliphatic rings. The first kappa shape index (κ1) is 20.9. The van der Waals surface area contributed by atoms with E-state index in [-0.39, 0.29) is 11.3 Å². The molecule has 1 N–H and O–H groups in total. The molecular weight excluding hydrogens is 346 g/mol. The summed E-state index contributed by atoms with van der Waals surface area (Å²) < 4.78 is 29.9. The van der Waals surface area contributed by atoms with Crippen LogP contribution in [0.3, 0.4) is 0 Å². The topological polar surface area (TPSA) is 96.0 Å². The zero-order chi connectivity index (χ0) is 19.0. The summed E-state index contributed by atoms with van der Waals surface area (Å²) in [6.07, 6.45) is 1.73. The Bertz CT molecular complexity index is 703. The van der Waals surface area contributed by atoms with Gasteiger partial charge in [0.25, 0.3) is 0 Å². The number of rotatable bonds is 9. The fourth-order valence-electron chi connectivity index (χ4n) is 2.16. The number of hydrogen-bond donors (Lipinski definition) is 1. The Kier molecular flexibility index (Phi) is 7.85. The minimum atomic E-state index is -3.76. The van der Waals surface area contributed by atoms with Crippen molar-refractivity contribution in [1.82, 2.24) is 10.2 Å². The molecule has 0 fully saturated rings. The van der Waals surface area contributed by atoms with Gasteiger partial charge in [-0.25, -0.2) is 13.2 Å². The second-order valence-electron chi connectivity index (χ2n) is 5.79. The van der Waals surface area contributed by atoms with E-state index in [2.05, 4.69) is 10.1 Å². The third-order valence-corrected chi connectivity index (χ3v) is 4.50. The van der Waals surface area contributed by atoms with Crippen molar-refractivity contribution in [2.24, 2.45) is 0 Å². The fraction of sp³-hybridized carbons (Fsp3) is 0.500. The summed E-state index contributed by atoms with van der Waals surface area (Å²) in [6, 6.07) is 6.10. The number of amides is 1. The second kappa shape index (κ2) is 9.38. The van der Waals surface area contributed by atoms with Gasteiger partial charge in [-0.2, -0.15) is 0 Å². The number of nitrogens with one attached hydrogen (secondary N) is 1. The van der Waals surface area contributed by atoms with E-state index in [9.17, 15) is 18.0 Å². The molecule has 8 nitrogen and oxygen atoms in total. The van der Waals surface area contributed by atoms with Gasteiger partial charge in [-0.3, -0.25) is 9.10 Å². The molecule has 0 atom stereocenters.